The summed E-state index contributed by atoms with van der Waals surface area (Å²) in [7, 11) is 2.22. The highest BCUT2D eigenvalue weighted by atomic mass is 127. The molecular weight excluding hydrogens is 389 g/mol. The molecule has 2 N–H and O–H groups in total. The van der Waals surface area contributed by atoms with Crippen molar-refractivity contribution in [2.75, 3.05) is 39.8 Å². The molecule has 1 aliphatic carbocycles. The van der Waals surface area contributed by atoms with Crippen LogP contribution in [0.4, 0.5) is 0 Å². The predicted molar refractivity (Wildman–Crippen MR) is 103 cm³/mol. The Morgan fingerprint density at radius 2 is 2.00 bits per heavy atom. The van der Waals surface area contributed by atoms with E-state index >= 15 is 0 Å². The molecular formula is C16H32IN5. The van der Waals surface area contributed by atoms with Crippen LogP contribution in [-0.4, -0.2) is 73.7 Å². The van der Waals surface area contributed by atoms with Crippen molar-refractivity contribution in [3.8, 4) is 0 Å². The molecule has 0 spiro atoms. The largest absolute Gasteiger partial charge is 0.357 e. The van der Waals surface area contributed by atoms with Crippen LogP contribution in [0.15, 0.2) is 4.99 Å². The molecule has 2 heterocycles. The average Bonchev–Trinajstić information content (AvgIpc) is 3.09. The quantitative estimate of drug-likeness (QED) is 0.401. The topological polar surface area (TPSA) is 42.9 Å². The summed E-state index contributed by atoms with van der Waals surface area (Å²) < 4.78 is 0. The number of hydrogen-bond donors (Lipinski definition) is 2. The standard InChI is InChI=1S/C16H31N5.HI/c1-3-17-16(18-11-15-5-4-9-20(15)2)19-13-8-10-21(12-13)14-6-7-14;/h13-15H,3-12H2,1-2H3,(H2,17,18,19);1H. The zero-order valence-corrected chi connectivity index (χ0v) is 16.4. The monoisotopic (exact) mass is 421 g/mol. The van der Waals surface area contributed by atoms with Gasteiger partial charge >= 0.3 is 0 Å². The van der Waals surface area contributed by atoms with Gasteiger partial charge in [0.1, 0.15) is 0 Å². The summed E-state index contributed by atoms with van der Waals surface area (Å²) in [5.74, 6) is 1.01. The summed E-state index contributed by atoms with van der Waals surface area (Å²) in [6, 6.07) is 2.10. The second kappa shape index (κ2) is 8.68. The van der Waals surface area contributed by atoms with Gasteiger partial charge in [0.05, 0.1) is 6.54 Å². The van der Waals surface area contributed by atoms with E-state index in [0.717, 1.165) is 25.1 Å². The van der Waals surface area contributed by atoms with Crippen molar-refractivity contribution >= 4 is 29.9 Å². The normalized spacial score (nSPS) is 30.4. The van der Waals surface area contributed by atoms with Gasteiger partial charge in [0.2, 0.25) is 0 Å². The van der Waals surface area contributed by atoms with E-state index in [2.05, 4.69) is 34.4 Å². The molecule has 2 atom stereocenters. The van der Waals surface area contributed by atoms with Crippen molar-refractivity contribution in [2.45, 2.75) is 57.2 Å². The van der Waals surface area contributed by atoms with Crippen LogP contribution >= 0.6 is 24.0 Å². The third kappa shape index (κ3) is 4.96. The zero-order chi connectivity index (χ0) is 14.7. The second-order valence-electron chi connectivity index (χ2n) is 6.85. The molecule has 0 aromatic rings. The Kier molecular flexibility index (Phi) is 7.21. The fourth-order valence-corrected chi connectivity index (χ4v) is 3.60. The summed E-state index contributed by atoms with van der Waals surface area (Å²) in [6.07, 6.45) is 6.69. The molecule has 3 rings (SSSR count). The van der Waals surface area contributed by atoms with Crippen LogP contribution in [-0.2, 0) is 0 Å². The van der Waals surface area contributed by atoms with Crippen LogP contribution in [0, 0.1) is 0 Å². The van der Waals surface area contributed by atoms with Crippen LogP contribution in [0.5, 0.6) is 0 Å². The Balaban J connectivity index is 0.00000176. The molecule has 3 fully saturated rings. The first-order valence-corrected chi connectivity index (χ1v) is 8.75. The predicted octanol–water partition coefficient (Wildman–Crippen LogP) is 1.49. The van der Waals surface area contributed by atoms with Gasteiger partial charge in [-0.25, -0.2) is 0 Å². The van der Waals surface area contributed by atoms with Gasteiger partial charge in [-0.05, 0) is 52.6 Å². The minimum atomic E-state index is 0. The third-order valence-electron chi connectivity index (χ3n) is 5.10. The lowest BCUT2D eigenvalue weighted by Crippen LogP contribution is -2.45. The average molecular weight is 421 g/mol. The summed E-state index contributed by atoms with van der Waals surface area (Å²) in [5, 5.41) is 7.06. The number of nitrogens with one attached hydrogen (secondary N) is 2. The molecule has 3 aliphatic rings. The first-order valence-electron chi connectivity index (χ1n) is 8.75. The minimum Gasteiger partial charge on any atom is -0.357 e. The lowest BCUT2D eigenvalue weighted by Gasteiger charge is -2.21. The molecule has 0 bridgehead atoms. The van der Waals surface area contributed by atoms with Gasteiger partial charge in [-0.2, -0.15) is 0 Å². The van der Waals surface area contributed by atoms with Crippen molar-refractivity contribution in [3.05, 3.63) is 0 Å². The maximum absolute atomic E-state index is 4.83. The summed E-state index contributed by atoms with van der Waals surface area (Å²) >= 11 is 0. The molecule has 0 amide bonds. The van der Waals surface area contributed by atoms with Crippen molar-refractivity contribution in [3.63, 3.8) is 0 Å². The molecule has 22 heavy (non-hydrogen) atoms. The summed E-state index contributed by atoms with van der Waals surface area (Å²) in [6.45, 7) is 7.68. The van der Waals surface area contributed by atoms with E-state index in [1.807, 2.05) is 0 Å². The number of guanidine groups is 1. The molecule has 2 aliphatic heterocycles. The summed E-state index contributed by atoms with van der Waals surface area (Å²) in [5.41, 5.74) is 0. The van der Waals surface area contributed by atoms with Gasteiger partial charge in [0.15, 0.2) is 5.96 Å². The number of halogens is 1. The van der Waals surface area contributed by atoms with Gasteiger partial charge in [-0.3, -0.25) is 9.89 Å². The molecule has 6 heteroatoms. The van der Waals surface area contributed by atoms with Gasteiger partial charge in [-0.1, -0.05) is 0 Å². The van der Waals surface area contributed by atoms with Gasteiger partial charge in [-0.15, -0.1) is 24.0 Å². The maximum Gasteiger partial charge on any atom is 0.191 e. The van der Waals surface area contributed by atoms with Crippen molar-refractivity contribution in [2.24, 2.45) is 4.99 Å². The van der Waals surface area contributed by atoms with E-state index < -0.39 is 0 Å². The first-order chi connectivity index (χ1) is 10.3. The molecule has 0 radical (unpaired) electrons. The van der Waals surface area contributed by atoms with Crippen LogP contribution in [0.1, 0.15) is 39.0 Å². The lowest BCUT2D eigenvalue weighted by atomic mass is 10.2. The van der Waals surface area contributed by atoms with Crippen molar-refractivity contribution in [1.29, 1.82) is 0 Å². The first kappa shape index (κ1) is 18.3. The number of likely N-dealkylation sites (tertiary alicyclic amines) is 2. The Morgan fingerprint density at radius 3 is 2.64 bits per heavy atom. The lowest BCUT2D eigenvalue weighted by molar-refractivity contribution is 0.316. The van der Waals surface area contributed by atoms with E-state index in [9.17, 15) is 0 Å². The molecule has 128 valence electrons. The number of aliphatic imine (C=N–C) groups is 1. The highest BCUT2D eigenvalue weighted by Gasteiger charge is 2.34. The van der Waals surface area contributed by atoms with Gasteiger partial charge in [0.25, 0.3) is 0 Å². The molecule has 0 aromatic heterocycles. The highest BCUT2D eigenvalue weighted by Crippen LogP contribution is 2.29. The van der Waals surface area contributed by atoms with Crippen molar-refractivity contribution < 1.29 is 0 Å². The van der Waals surface area contributed by atoms with E-state index in [-0.39, 0.29) is 24.0 Å². The fraction of sp³-hybridized carbons (Fsp3) is 0.938. The zero-order valence-electron chi connectivity index (χ0n) is 14.1. The summed E-state index contributed by atoms with van der Waals surface area (Å²) in [4.78, 5) is 9.92. The van der Waals surface area contributed by atoms with Crippen LogP contribution in [0.2, 0.25) is 0 Å². The molecule has 2 saturated heterocycles. The SMILES string of the molecule is CCNC(=NCC1CCCN1C)NC1CCN(C2CC2)C1.I. The smallest absolute Gasteiger partial charge is 0.191 e. The molecule has 0 aromatic carbocycles. The van der Waals surface area contributed by atoms with E-state index in [0.29, 0.717) is 12.1 Å². The number of hydrogen-bond acceptors (Lipinski definition) is 3. The van der Waals surface area contributed by atoms with Gasteiger partial charge < -0.3 is 15.5 Å². The molecule has 2 unspecified atom stereocenters. The van der Waals surface area contributed by atoms with Crippen LogP contribution < -0.4 is 10.6 Å². The maximum atomic E-state index is 4.83. The molecule has 1 saturated carbocycles. The van der Waals surface area contributed by atoms with Crippen LogP contribution in [0.3, 0.4) is 0 Å². The Bertz CT molecular complexity index is 372. The van der Waals surface area contributed by atoms with E-state index in [1.54, 1.807) is 0 Å². The highest BCUT2D eigenvalue weighted by molar-refractivity contribution is 14.0. The molecule has 5 nitrogen and oxygen atoms in total. The second-order valence-corrected chi connectivity index (χ2v) is 6.85. The number of rotatable bonds is 5. The minimum absolute atomic E-state index is 0. The Labute approximate surface area is 152 Å². The van der Waals surface area contributed by atoms with Gasteiger partial charge in [0, 0.05) is 37.8 Å². The van der Waals surface area contributed by atoms with E-state index in [1.165, 1.54) is 51.7 Å². The van der Waals surface area contributed by atoms with Crippen molar-refractivity contribution in [1.82, 2.24) is 20.4 Å². The van der Waals surface area contributed by atoms with Crippen LogP contribution in [0.25, 0.3) is 0 Å². The number of nitrogens with zero attached hydrogens (tertiary/aromatic N) is 3. The van der Waals surface area contributed by atoms with E-state index in [4.69, 9.17) is 4.99 Å². The Hall–Kier alpha value is -0.0800. The number of likely N-dealkylation sites (N-methyl/N-ethyl adjacent to an activating group) is 1. The Morgan fingerprint density at radius 1 is 1.18 bits per heavy atom. The fourth-order valence-electron chi connectivity index (χ4n) is 3.60. The third-order valence-corrected chi connectivity index (χ3v) is 5.10.